The van der Waals surface area contributed by atoms with Gasteiger partial charge in [-0.05, 0) is 42.9 Å². The van der Waals surface area contributed by atoms with Gasteiger partial charge in [-0.1, -0.05) is 85.8 Å². The van der Waals surface area contributed by atoms with Crippen LogP contribution in [-0.4, -0.2) is 6.54 Å². The van der Waals surface area contributed by atoms with Gasteiger partial charge in [-0.3, -0.25) is 0 Å². The van der Waals surface area contributed by atoms with Crippen molar-refractivity contribution in [1.29, 1.82) is 0 Å². The molecule has 0 aliphatic rings. The first-order valence-electron chi connectivity index (χ1n) is 8.85. The Morgan fingerprint density at radius 1 is 0.917 bits per heavy atom. The summed E-state index contributed by atoms with van der Waals surface area (Å²) in [7, 11) is 0. The van der Waals surface area contributed by atoms with Crippen LogP contribution in [0.25, 0.3) is 0 Å². The van der Waals surface area contributed by atoms with Crippen LogP contribution in [0.4, 0.5) is 0 Å². The van der Waals surface area contributed by atoms with Crippen LogP contribution in [0.5, 0.6) is 0 Å². The molecule has 2 aromatic carbocycles. The van der Waals surface area contributed by atoms with E-state index in [1.807, 2.05) is 0 Å². The quantitative estimate of drug-likeness (QED) is 0.654. The van der Waals surface area contributed by atoms with Crippen molar-refractivity contribution in [3.05, 3.63) is 95.6 Å². The third-order valence-electron chi connectivity index (χ3n) is 4.62. The Morgan fingerprint density at radius 2 is 1.42 bits per heavy atom. The van der Waals surface area contributed by atoms with Gasteiger partial charge in [0.15, 0.2) is 0 Å². The van der Waals surface area contributed by atoms with Crippen LogP contribution in [0.2, 0.25) is 0 Å². The summed E-state index contributed by atoms with van der Waals surface area (Å²) in [5.74, 6) is 0. The van der Waals surface area contributed by atoms with E-state index in [0.29, 0.717) is 6.54 Å². The Labute approximate surface area is 146 Å². The van der Waals surface area contributed by atoms with E-state index in [4.69, 9.17) is 5.73 Å². The monoisotopic (exact) mass is 319 g/mol. The van der Waals surface area contributed by atoms with Crippen LogP contribution in [0.1, 0.15) is 31.4 Å². The van der Waals surface area contributed by atoms with Crippen LogP contribution in [0, 0.1) is 5.41 Å². The van der Waals surface area contributed by atoms with E-state index in [1.165, 1.54) is 16.7 Å². The Bertz CT molecular complexity index is 611. The molecule has 0 amide bonds. The molecular weight excluding hydrogens is 290 g/mol. The summed E-state index contributed by atoms with van der Waals surface area (Å²) < 4.78 is 0. The van der Waals surface area contributed by atoms with E-state index in [-0.39, 0.29) is 5.41 Å². The second-order valence-corrected chi connectivity index (χ2v) is 6.36. The lowest BCUT2D eigenvalue weighted by molar-refractivity contribution is 0.368. The molecule has 2 N–H and O–H groups in total. The highest BCUT2D eigenvalue weighted by Crippen LogP contribution is 2.36. The highest BCUT2D eigenvalue weighted by molar-refractivity contribution is 5.34. The van der Waals surface area contributed by atoms with E-state index in [2.05, 4.69) is 92.7 Å². The Kier molecular flexibility index (Phi) is 7.02. The minimum atomic E-state index is -0.0802. The average Bonchev–Trinajstić information content (AvgIpc) is 2.63. The molecule has 0 unspecified atom stereocenters. The molecule has 0 saturated heterocycles. The van der Waals surface area contributed by atoms with Crippen molar-refractivity contribution in [3.63, 3.8) is 0 Å². The molecule has 2 rings (SSSR count). The van der Waals surface area contributed by atoms with Crippen molar-refractivity contribution in [2.24, 2.45) is 11.1 Å². The molecule has 0 fully saturated rings. The third kappa shape index (κ3) is 4.69. The van der Waals surface area contributed by atoms with Crippen LogP contribution >= 0.6 is 0 Å². The highest BCUT2D eigenvalue weighted by Gasteiger charge is 2.32. The summed E-state index contributed by atoms with van der Waals surface area (Å²) in [6.45, 7) is 4.92. The SMILES string of the molecule is C/C=C(\C=C/CC)C(CN)(Cc1ccccc1)Cc1ccccc1. The summed E-state index contributed by atoms with van der Waals surface area (Å²) in [5, 5.41) is 0. The minimum Gasteiger partial charge on any atom is -0.330 e. The number of hydrogen-bond acceptors (Lipinski definition) is 1. The van der Waals surface area contributed by atoms with Crippen LogP contribution in [-0.2, 0) is 12.8 Å². The van der Waals surface area contributed by atoms with Gasteiger partial charge < -0.3 is 5.73 Å². The van der Waals surface area contributed by atoms with Gasteiger partial charge in [0.1, 0.15) is 0 Å². The molecule has 0 atom stereocenters. The summed E-state index contributed by atoms with van der Waals surface area (Å²) in [4.78, 5) is 0. The molecule has 0 aromatic heterocycles. The summed E-state index contributed by atoms with van der Waals surface area (Å²) >= 11 is 0. The first-order chi connectivity index (χ1) is 11.7. The number of hydrogen-bond donors (Lipinski definition) is 1. The lowest BCUT2D eigenvalue weighted by atomic mass is 9.70. The fourth-order valence-electron chi connectivity index (χ4n) is 3.33. The van der Waals surface area contributed by atoms with E-state index in [1.54, 1.807) is 0 Å². The van der Waals surface area contributed by atoms with Gasteiger partial charge in [0, 0.05) is 12.0 Å². The lowest BCUT2D eigenvalue weighted by Crippen LogP contribution is -2.36. The second-order valence-electron chi connectivity index (χ2n) is 6.36. The Morgan fingerprint density at radius 3 is 1.79 bits per heavy atom. The van der Waals surface area contributed by atoms with Gasteiger partial charge >= 0.3 is 0 Å². The molecule has 24 heavy (non-hydrogen) atoms. The first kappa shape index (κ1) is 18.2. The standard InChI is InChI=1S/C23H29N/c1-3-5-16-22(4-2)23(19-24,17-20-12-8-6-9-13-20)18-21-14-10-7-11-15-21/h4-16H,3,17-19,24H2,1-2H3/b16-5-,22-4+. The first-order valence-corrected chi connectivity index (χ1v) is 8.85. The van der Waals surface area contributed by atoms with Crippen LogP contribution in [0.15, 0.2) is 84.5 Å². The van der Waals surface area contributed by atoms with E-state index in [0.717, 1.165) is 19.3 Å². The number of rotatable bonds is 8. The van der Waals surface area contributed by atoms with Gasteiger partial charge in [-0.2, -0.15) is 0 Å². The number of nitrogens with two attached hydrogens (primary N) is 1. The van der Waals surface area contributed by atoms with Crippen LogP contribution < -0.4 is 5.73 Å². The minimum absolute atomic E-state index is 0.0802. The third-order valence-corrected chi connectivity index (χ3v) is 4.62. The maximum atomic E-state index is 6.38. The molecule has 0 aliphatic heterocycles. The molecule has 0 aliphatic carbocycles. The predicted octanol–water partition coefficient (Wildman–Crippen LogP) is 5.33. The van der Waals surface area contributed by atoms with Crippen molar-refractivity contribution in [3.8, 4) is 0 Å². The van der Waals surface area contributed by atoms with Crippen molar-refractivity contribution < 1.29 is 0 Å². The number of allylic oxidation sites excluding steroid dienone is 3. The molecule has 0 spiro atoms. The summed E-state index contributed by atoms with van der Waals surface area (Å²) in [6, 6.07) is 21.4. The summed E-state index contributed by atoms with van der Waals surface area (Å²) in [6.07, 6.45) is 9.66. The van der Waals surface area contributed by atoms with Crippen molar-refractivity contribution in [2.45, 2.75) is 33.1 Å². The van der Waals surface area contributed by atoms with Gasteiger partial charge in [-0.15, -0.1) is 0 Å². The van der Waals surface area contributed by atoms with E-state index in [9.17, 15) is 0 Å². The summed E-state index contributed by atoms with van der Waals surface area (Å²) in [5.41, 5.74) is 10.3. The molecule has 0 bridgehead atoms. The number of benzene rings is 2. The van der Waals surface area contributed by atoms with Crippen molar-refractivity contribution >= 4 is 0 Å². The largest absolute Gasteiger partial charge is 0.330 e. The molecule has 0 heterocycles. The molecule has 126 valence electrons. The zero-order valence-electron chi connectivity index (χ0n) is 14.9. The van der Waals surface area contributed by atoms with Gasteiger partial charge in [0.25, 0.3) is 0 Å². The zero-order valence-corrected chi connectivity index (χ0v) is 14.9. The second kappa shape index (κ2) is 9.24. The predicted molar refractivity (Wildman–Crippen MR) is 105 cm³/mol. The smallest absolute Gasteiger partial charge is 0.0153 e. The molecule has 1 heteroatoms. The fourth-order valence-corrected chi connectivity index (χ4v) is 3.33. The van der Waals surface area contributed by atoms with E-state index < -0.39 is 0 Å². The fraction of sp³-hybridized carbons (Fsp3) is 0.304. The molecule has 0 saturated carbocycles. The van der Waals surface area contributed by atoms with Gasteiger partial charge in [0.2, 0.25) is 0 Å². The highest BCUT2D eigenvalue weighted by atomic mass is 14.6. The molecular formula is C23H29N. The topological polar surface area (TPSA) is 26.0 Å². The Balaban J connectivity index is 2.42. The molecule has 2 aromatic rings. The van der Waals surface area contributed by atoms with Crippen molar-refractivity contribution in [2.75, 3.05) is 6.54 Å². The van der Waals surface area contributed by atoms with Gasteiger partial charge in [0.05, 0.1) is 0 Å². The average molecular weight is 319 g/mol. The van der Waals surface area contributed by atoms with E-state index >= 15 is 0 Å². The zero-order chi connectivity index (χ0) is 17.3. The van der Waals surface area contributed by atoms with Crippen molar-refractivity contribution in [1.82, 2.24) is 0 Å². The maximum Gasteiger partial charge on any atom is 0.0153 e. The van der Waals surface area contributed by atoms with Crippen LogP contribution in [0.3, 0.4) is 0 Å². The Hall–Kier alpha value is -2.12. The normalized spacial score (nSPS) is 12.7. The van der Waals surface area contributed by atoms with Gasteiger partial charge in [-0.25, -0.2) is 0 Å². The molecule has 0 radical (unpaired) electrons. The molecule has 1 nitrogen and oxygen atoms in total. The maximum absolute atomic E-state index is 6.38. The lowest BCUT2D eigenvalue weighted by Gasteiger charge is -2.35.